The third-order valence-corrected chi connectivity index (χ3v) is 9.32. The first kappa shape index (κ1) is 22.6. The number of hydrogen-bond acceptors (Lipinski definition) is 2. The lowest BCUT2D eigenvalue weighted by molar-refractivity contribution is -0.118. The fourth-order valence-corrected chi connectivity index (χ4v) is 7.43. The zero-order valence-corrected chi connectivity index (χ0v) is 19.5. The van der Waals surface area contributed by atoms with Crippen molar-refractivity contribution in [3.05, 3.63) is 0 Å². The molecule has 0 saturated heterocycles. The van der Waals surface area contributed by atoms with Crippen LogP contribution >= 0.6 is 0 Å². The van der Waals surface area contributed by atoms with Crippen LogP contribution in [-0.4, -0.2) is 21.4 Å². The molecule has 0 radical (unpaired) electrons. The molecule has 164 valence electrons. The molecular weight excluding hydrogens is 344 g/mol. The van der Waals surface area contributed by atoms with Crippen molar-refractivity contribution in [1.82, 2.24) is 0 Å². The Balaban J connectivity index is 1.65. The van der Waals surface area contributed by atoms with Gasteiger partial charge in [-0.3, -0.25) is 0 Å². The van der Waals surface area contributed by atoms with Gasteiger partial charge in [0.15, 0.2) is 0 Å². The lowest BCUT2D eigenvalue weighted by atomic mass is 9.48. The van der Waals surface area contributed by atoms with Crippen LogP contribution in [0.4, 0.5) is 0 Å². The first-order chi connectivity index (χ1) is 13.0. The molecule has 3 saturated carbocycles. The molecular formula is C26H48O2. The Kier molecular flexibility index (Phi) is 6.92. The summed E-state index contributed by atoms with van der Waals surface area (Å²) in [5.74, 6) is 4.21. The van der Waals surface area contributed by atoms with Crippen LogP contribution in [-0.2, 0) is 0 Å². The quantitative estimate of drug-likeness (QED) is 0.557. The number of fused-ring (bicyclic) bond motifs is 3. The van der Waals surface area contributed by atoms with Gasteiger partial charge < -0.3 is 10.2 Å². The third-order valence-electron chi connectivity index (χ3n) is 9.32. The highest BCUT2D eigenvalue weighted by Gasteiger charge is 2.53. The van der Waals surface area contributed by atoms with E-state index in [1.807, 2.05) is 13.8 Å². The molecule has 3 aliphatic carbocycles. The molecule has 2 N–H and O–H groups in total. The monoisotopic (exact) mass is 392 g/mol. The van der Waals surface area contributed by atoms with E-state index in [-0.39, 0.29) is 0 Å². The predicted molar refractivity (Wildman–Crippen MR) is 118 cm³/mol. The summed E-state index contributed by atoms with van der Waals surface area (Å²) in [6.07, 6.45) is 16.4. The largest absolute Gasteiger partial charge is 0.390 e. The van der Waals surface area contributed by atoms with Gasteiger partial charge in [0.05, 0.1) is 11.2 Å². The predicted octanol–water partition coefficient (Wildman–Crippen LogP) is 6.73. The Labute approximate surface area is 174 Å². The first-order valence-electron chi connectivity index (χ1n) is 12.4. The van der Waals surface area contributed by atoms with Crippen molar-refractivity contribution in [3.8, 4) is 0 Å². The van der Waals surface area contributed by atoms with E-state index in [0.717, 1.165) is 48.9 Å². The average Bonchev–Trinajstić information content (AvgIpc) is 2.65. The van der Waals surface area contributed by atoms with E-state index in [4.69, 9.17) is 0 Å². The fourth-order valence-electron chi connectivity index (χ4n) is 7.43. The van der Waals surface area contributed by atoms with E-state index in [1.165, 1.54) is 64.2 Å². The summed E-state index contributed by atoms with van der Waals surface area (Å²) in [6.45, 7) is 11.1. The molecule has 3 unspecified atom stereocenters. The van der Waals surface area contributed by atoms with E-state index in [2.05, 4.69) is 20.8 Å². The summed E-state index contributed by atoms with van der Waals surface area (Å²) in [5, 5.41) is 20.7. The summed E-state index contributed by atoms with van der Waals surface area (Å²) in [7, 11) is 0. The van der Waals surface area contributed by atoms with Gasteiger partial charge in [0.2, 0.25) is 0 Å². The van der Waals surface area contributed by atoms with Gasteiger partial charge in [-0.15, -0.1) is 0 Å². The van der Waals surface area contributed by atoms with Gasteiger partial charge in [-0.1, -0.05) is 52.4 Å². The molecule has 28 heavy (non-hydrogen) atoms. The van der Waals surface area contributed by atoms with Crippen LogP contribution in [0.25, 0.3) is 0 Å². The van der Waals surface area contributed by atoms with Crippen LogP contribution in [0.5, 0.6) is 0 Å². The Morgan fingerprint density at radius 3 is 2.43 bits per heavy atom. The molecule has 2 heteroatoms. The van der Waals surface area contributed by atoms with Gasteiger partial charge in [-0.25, -0.2) is 0 Å². The van der Waals surface area contributed by atoms with Gasteiger partial charge in [-0.2, -0.15) is 0 Å². The van der Waals surface area contributed by atoms with Gasteiger partial charge in [0.1, 0.15) is 0 Å². The second kappa shape index (κ2) is 8.58. The first-order valence-corrected chi connectivity index (χ1v) is 12.4. The summed E-state index contributed by atoms with van der Waals surface area (Å²) in [4.78, 5) is 0. The molecule has 7 atom stereocenters. The van der Waals surface area contributed by atoms with Crippen LogP contribution in [0, 0.1) is 35.0 Å². The van der Waals surface area contributed by atoms with Gasteiger partial charge in [-0.05, 0) is 101 Å². The van der Waals surface area contributed by atoms with Crippen molar-refractivity contribution in [2.75, 3.05) is 0 Å². The van der Waals surface area contributed by atoms with Crippen LogP contribution in [0.3, 0.4) is 0 Å². The minimum atomic E-state index is -0.507. The van der Waals surface area contributed by atoms with Crippen molar-refractivity contribution in [3.63, 3.8) is 0 Å². The zero-order chi connectivity index (χ0) is 20.6. The molecule has 0 aromatic carbocycles. The maximum atomic E-state index is 10.7. The van der Waals surface area contributed by atoms with Gasteiger partial charge in [0.25, 0.3) is 0 Å². The second-order valence-corrected chi connectivity index (χ2v) is 12.3. The second-order valence-electron chi connectivity index (χ2n) is 12.3. The number of rotatable bonds is 4. The Morgan fingerprint density at radius 2 is 1.71 bits per heavy atom. The topological polar surface area (TPSA) is 40.5 Å². The summed E-state index contributed by atoms with van der Waals surface area (Å²) < 4.78 is 0. The van der Waals surface area contributed by atoms with Crippen molar-refractivity contribution in [2.45, 2.75) is 129 Å². The molecule has 0 amide bonds. The molecule has 3 aliphatic rings. The van der Waals surface area contributed by atoms with Crippen LogP contribution in [0.2, 0.25) is 0 Å². The van der Waals surface area contributed by atoms with Crippen LogP contribution < -0.4 is 0 Å². The highest BCUT2D eigenvalue weighted by molar-refractivity contribution is 5.03. The normalized spacial score (nSPS) is 45.3. The molecule has 0 spiro atoms. The molecule has 0 aliphatic heterocycles. The SMILES string of the molecule is CC1CC[C@H](CCCC(C)(C)O)CCCC2C1CC[C@H]1C[C@@](C)(O)CC[C@]21C. The highest BCUT2D eigenvalue weighted by Crippen LogP contribution is 2.60. The Hall–Kier alpha value is -0.0800. The molecule has 0 aromatic heterocycles. The minimum Gasteiger partial charge on any atom is -0.390 e. The van der Waals surface area contributed by atoms with Crippen molar-refractivity contribution in [1.29, 1.82) is 0 Å². The zero-order valence-electron chi connectivity index (χ0n) is 19.5. The molecule has 3 rings (SSSR count). The van der Waals surface area contributed by atoms with Crippen molar-refractivity contribution in [2.24, 2.45) is 35.0 Å². The summed E-state index contributed by atoms with van der Waals surface area (Å²) >= 11 is 0. The molecule has 0 heterocycles. The highest BCUT2D eigenvalue weighted by atomic mass is 16.3. The molecule has 2 nitrogen and oxygen atoms in total. The van der Waals surface area contributed by atoms with Gasteiger partial charge in [0, 0.05) is 0 Å². The Morgan fingerprint density at radius 1 is 0.964 bits per heavy atom. The fraction of sp³-hybridized carbons (Fsp3) is 1.00. The molecule has 3 fully saturated rings. The standard InChI is InChI=1S/C26H48O2/c1-19-11-12-20(9-7-15-24(2,3)27)8-6-10-23-22(19)14-13-21-18-25(4,28)16-17-26(21,23)5/h19-23,27-28H,6-18H2,1-5H3/t19?,20-,21-,22?,23?,25-,26-/m0/s1. The lowest BCUT2D eigenvalue weighted by Crippen LogP contribution is -2.51. The summed E-state index contributed by atoms with van der Waals surface area (Å²) in [5.41, 5.74) is -0.473. The van der Waals surface area contributed by atoms with E-state index in [0.29, 0.717) is 5.41 Å². The third kappa shape index (κ3) is 5.34. The van der Waals surface area contributed by atoms with E-state index in [9.17, 15) is 10.2 Å². The molecule has 0 bridgehead atoms. The Bertz CT molecular complexity index is 505. The van der Waals surface area contributed by atoms with E-state index in [1.54, 1.807) is 0 Å². The number of aliphatic hydroxyl groups is 2. The van der Waals surface area contributed by atoms with Crippen molar-refractivity contribution < 1.29 is 10.2 Å². The maximum absolute atomic E-state index is 10.7. The molecule has 0 aromatic rings. The maximum Gasteiger partial charge on any atom is 0.0622 e. The van der Waals surface area contributed by atoms with E-state index < -0.39 is 11.2 Å². The lowest BCUT2D eigenvalue weighted by Gasteiger charge is -2.57. The average molecular weight is 393 g/mol. The smallest absolute Gasteiger partial charge is 0.0622 e. The van der Waals surface area contributed by atoms with E-state index >= 15 is 0 Å². The van der Waals surface area contributed by atoms with Crippen LogP contribution in [0.15, 0.2) is 0 Å². The summed E-state index contributed by atoms with van der Waals surface area (Å²) in [6, 6.07) is 0. The number of hydrogen-bond donors (Lipinski definition) is 2. The van der Waals surface area contributed by atoms with Crippen LogP contribution in [0.1, 0.15) is 118 Å². The van der Waals surface area contributed by atoms with Crippen molar-refractivity contribution >= 4 is 0 Å². The van der Waals surface area contributed by atoms with Gasteiger partial charge >= 0.3 is 0 Å². The minimum absolute atomic E-state index is 0.424.